The van der Waals surface area contributed by atoms with Gasteiger partial charge in [-0.05, 0) is 53.3 Å². The van der Waals surface area contributed by atoms with E-state index in [1.165, 1.54) is 18.9 Å². The molecule has 1 nitrogen and oxygen atoms in total. The average molecular weight is 385 g/mol. The molecule has 2 aromatic rings. The van der Waals surface area contributed by atoms with Gasteiger partial charge in [0.05, 0.1) is 0 Å². The van der Waals surface area contributed by atoms with Gasteiger partial charge in [-0.1, -0.05) is 39.0 Å². The van der Waals surface area contributed by atoms with Crippen molar-refractivity contribution in [2.24, 2.45) is 5.92 Å². The van der Waals surface area contributed by atoms with E-state index in [4.69, 9.17) is 0 Å². The van der Waals surface area contributed by atoms with Crippen LogP contribution < -0.4 is 5.32 Å². The molecular weight excluding hydrogens is 365 g/mol. The highest BCUT2D eigenvalue weighted by atomic mass is 127. The monoisotopic (exact) mass is 385 g/mol. The minimum atomic E-state index is 0.463. The summed E-state index contributed by atoms with van der Waals surface area (Å²) < 4.78 is 1.32. The van der Waals surface area contributed by atoms with Crippen LogP contribution in [-0.4, -0.2) is 6.54 Å². The standard InChI is InChI=1S/C16H20INS/c1-4-18-16(11(2)3)15-10-9-14(19-15)12-7-5-6-8-13(12)17/h5-11,16,18H,4H2,1-3H3. The minimum absolute atomic E-state index is 0.463. The van der Waals surface area contributed by atoms with Crippen LogP contribution in [0.4, 0.5) is 0 Å². The second kappa shape index (κ2) is 6.86. The van der Waals surface area contributed by atoms with E-state index in [2.05, 4.69) is 85.1 Å². The Hall–Kier alpha value is -0.390. The van der Waals surface area contributed by atoms with Gasteiger partial charge < -0.3 is 5.32 Å². The first-order chi connectivity index (χ1) is 9.13. The van der Waals surface area contributed by atoms with E-state index >= 15 is 0 Å². The van der Waals surface area contributed by atoms with Crippen molar-refractivity contribution in [1.82, 2.24) is 5.32 Å². The molecule has 3 heteroatoms. The number of hydrogen-bond donors (Lipinski definition) is 1. The SMILES string of the molecule is CCNC(c1ccc(-c2ccccc2I)s1)C(C)C. The molecule has 1 aromatic heterocycles. The average Bonchev–Trinajstić information content (AvgIpc) is 2.85. The van der Waals surface area contributed by atoms with E-state index in [0.717, 1.165) is 6.54 Å². The Morgan fingerprint density at radius 1 is 1.16 bits per heavy atom. The van der Waals surface area contributed by atoms with Crippen LogP contribution in [0.2, 0.25) is 0 Å². The fraction of sp³-hybridized carbons (Fsp3) is 0.375. The Balaban J connectivity index is 2.30. The van der Waals surface area contributed by atoms with Crippen LogP contribution in [0.1, 0.15) is 31.7 Å². The summed E-state index contributed by atoms with van der Waals surface area (Å²) in [5.41, 5.74) is 1.35. The largest absolute Gasteiger partial charge is 0.309 e. The van der Waals surface area contributed by atoms with Crippen molar-refractivity contribution in [3.63, 3.8) is 0 Å². The Morgan fingerprint density at radius 2 is 1.89 bits per heavy atom. The lowest BCUT2D eigenvalue weighted by Crippen LogP contribution is -2.24. The summed E-state index contributed by atoms with van der Waals surface area (Å²) in [6.07, 6.45) is 0. The van der Waals surface area contributed by atoms with Gasteiger partial charge in [0.15, 0.2) is 0 Å². The molecule has 1 atom stereocenters. The fourth-order valence-electron chi connectivity index (χ4n) is 2.21. The molecule has 0 amide bonds. The summed E-state index contributed by atoms with van der Waals surface area (Å²) in [7, 11) is 0. The number of hydrogen-bond acceptors (Lipinski definition) is 2. The van der Waals surface area contributed by atoms with Gasteiger partial charge in [0.25, 0.3) is 0 Å². The summed E-state index contributed by atoms with van der Waals surface area (Å²) >= 11 is 4.32. The van der Waals surface area contributed by atoms with E-state index in [0.29, 0.717) is 12.0 Å². The van der Waals surface area contributed by atoms with Crippen molar-refractivity contribution < 1.29 is 0 Å². The lowest BCUT2D eigenvalue weighted by atomic mass is 10.0. The molecule has 1 unspecified atom stereocenters. The van der Waals surface area contributed by atoms with Gasteiger partial charge >= 0.3 is 0 Å². The normalized spacial score (nSPS) is 12.9. The molecule has 1 heterocycles. The zero-order valence-electron chi connectivity index (χ0n) is 11.6. The van der Waals surface area contributed by atoms with Crippen LogP contribution in [0.25, 0.3) is 10.4 Å². The van der Waals surface area contributed by atoms with Gasteiger partial charge in [-0.25, -0.2) is 0 Å². The number of rotatable bonds is 5. The van der Waals surface area contributed by atoms with Gasteiger partial charge in [-0.2, -0.15) is 0 Å². The van der Waals surface area contributed by atoms with Crippen molar-refractivity contribution in [2.45, 2.75) is 26.8 Å². The van der Waals surface area contributed by atoms with E-state index in [1.807, 2.05) is 11.3 Å². The van der Waals surface area contributed by atoms with Crippen molar-refractivity contribution in [2.75, 3.05) is 6.54 Å². The Morgan fingerprint density at radius 3 is 2.53 bits per heavy atom. The first kappa shape index (κ1) is 15.0. The predicted molar refractivity (Wildman–Crippen MR) is 93.7 cm³/mol. The van der Waals surface area contributed by atoms with Crippen LogP contribution in [0.15, 0.2) is 36.4 Å². The summed E-state index contributed by atoms with van der Waals surface area (Å²) in [5, 5.41) is 3.59. The summed E-state index contributed by atoms with van der Waals surface area (Å²) in [4.78, 5) is 2.80. The zero-order chi connectivity index (χ0) is 13.8. The second-order valence-corrected chi connectivity index (χ2v) is 7.24. The highest BCUT2D eigenvalue weighted by Crippen LogP contribution is 2.35. The third kappa shape index (κ3) is 3.58. The first-order valence-corrected chi connectivity index (χ1v) is 8.61. The Bertz CT molecular complexity index is 533. The molecule has 0 aliphatic heterocycles. The van der Waals surface area contributed by atoms with Crippen molar-refractivity contribution in [3.05, 3.63) is 44.8 Å². The number of nitrogens with one attached hydrogen (secondary N) is 1. The minimum Gasteiger partial charge on any atom is -0.309 e. The molecule has 1 N–H and O–H groups in total. The Labute approximate surface area is 133 Å². The maximum Gasteiger partial charge on any atom is 0.0438 e. The van der Waals surface area contributed by atoms with E-state index in [-0.39, 0.29) is 0 Å². The third-order valence-corrected chi connectivity index (χ3v) is 5.31. The van der Waals surface area contributed by atoms with Crippen molar-refractivity contribution >= 4 is 33.9 Å². The molecule has 2 rings (SSSR count). The van der Waals surface area contributed by atoms with Crippen LogP contribution in [0, 0.1) is 9.49 Å². The quantitative estimate of drug-likeness (QED) is 0.687. The summed E-state index contributed by atoms with van der Waals surface area (Å²) in [5.74, 6) is 0.612. The Kier molecular flexibility index (Phi) is 5.42. The van der Waals surface area contributed by atoms with E-state index in [9.17, 15) is 0 Å². The smallest absolute Gasteiger partial charge is 0.0438 e. The fourth-order valence-corrected chi connectivity index (χ4v) is 4.37. The van der Waals surface area contributed by atoms with Crippen molar-refractivity contribution in [3.8, 4) is 10.4 Å². The zero-order valence-corrected chi connectivity index (χ0v) is 14.6. The van der Waals surface area contributed by atoms with Gasteiger partial charge in [-0.3, -0.25) is 0 Å². The maximum absolute atomic E-state index is 3.59. The molecule has 0 aliphatic carbocycles. The third-order valence-electron chi connectivity index (χ3n) is 3.16. The molecule has 0 saturated heterocycles. The molecule has 0 fully saturated rings. The van der Waals surface area contributed by atoms with Crippen LogP contribution in [0.5, 0.6) is 0 Å². The lowest BCUT2D eigenvalue weighted by Gasteiger charge is -2.20. The molecule has 0 saturated carbocycles. The van der Waals surface area contributed by atoms with Gasteiger partial charge in [0.1, 0.15) is 0 Å². The summed E-state index contributed by atoms with van der Waals surface area (Å²) in [6.45, 7) is 7.74. The number of benzene rings is 1. The van der Waals surface area contributed by atoms with Crippen LogP contribution >= 0.6 is 33.9 Å². The molecule has 1 aromatic carbocycles. The highest BCUT2D eigenvalue weighted by molar-refractivity contribution is 14.1. The first-order valence-electron chi connectivity index (χ1n) is 6.71. The van der Waals surface area contributed by atoms with Crippen molar-refractivity contribution in [1.29, 1.82) is 0 Å². The second-order valence-electron chi connectivity index (χ2n) is 4.96. The van der Waals surface area contributed by atoms with Crippen LogP contribution in [-0.2, 0) is 0 Å². The summed E-state index contributed by atoms with van der Waals surface area (Å²) in [6, 6.07) is 13.6. The predicted octanol–water partition coefficient (Wildman–Crippen LogP) is 5.33. The molecule has 0 radical (unpaired) electrons. The number of halogens is 1. The topological polar surface area (TPSA) is 12.0 Å². The van der Waals surface area contributed by atoms with Gasteiger partial charge in [0.2, 0.25) is 0 Å². The van der Waals surface area contributed by atoms with E-state index in [1.54, 1.807) is 0 Å². The van der Waals surface area contributed by atoms with E-state index < -0.39 is 0 Å². The lowest BCUT2D eigenvalue weighted by molar-refractivity contribution is 0.428. The molecule has 0 spiro atoms. The number of thiophene rings is 1. The molecule has 0 aliphatic rings. The molecule has 19 heavy (non-hydrogen) atoms. The van der Waals surface area contributed by atoms with Gasteiger partial charge in [-0.15, -0.1) is 11.3 Å². The van der Waals surface area contributed by atoms with Crippen LogP contribution in [0.3, 0.4) is 0 Å². The molecular formula is C16H20INS. The highest BCUT2D eigenvalue weighted by Gasteiger charge is 2.17. The molecule has 0 bridgehead atoms. The van der Waals surface area contributed by atoms with Gasteiger partial charge in [0, 0.05) is 24.9 Å². The molecule has 102 valence electrons. The maximum atomic E-state index is 3.59.